The second-order valence-corrected chi connectivity index (χ2v) is 4.07. The van der Waals surface area contributed by atoms with Gasteiger partial charge in [-0.25, -0.2) is 4.39 Å². The number of fused-ring (bicyclic) bond motifs is 3. The minimum atomic E-state index is -0.643. The number of rotatable bonds is 0. The molecule has 0 fully saturated rings. The van der Waals surface area contributed by atoms with E-state index >= 15 is 0 Å². The van der Waals surface area contributed by atoms with E-state index in [1.165, 1.54) is 21.6 Å². The van der Waals surface area contributed by atoms with Gasteiger partial charge < -0.3 is 0 Å². The highest BCUT2D eigenvalue weighted by atomic mass is 32.1. The monoisotopic (exact) mass is 166 g/mol. The lowest BCUT2D eigenvalue weighted by atomic mass is 9.71. The fourth-order valence-corrected chi connectivity index (χ4v) is 3.11. The van der Waals surface area contributed by atoms with Crippen molar-refractivity contribution in [3.63, 3.8) is 0 Å². The molecule has 56 valence electrons. The molecule has 0 saturated heterocycles. The smallest absolute Gasteiger partial charge is 0.131 e. The minimum Gasteiger partial charge on any atom is -0.242 e. The van der Waals surface area contributed by atoms with Crippen LogP contribution < -0.4 is 0 Å². The Balaban J connectivity index is 2.22. The van der Waals surface area contributed by atoms with Gasteiger partial charge in [0.05, 0.1) is 0 Å². The Morgan fingerprint density at radius 2 is 2.45 bits per heavy atom. The molecule has 0 spiro atoms. The molecule has 0 radical (unpaired) electrons. The Morgan fingerprint density at radius 1 is 1.64 bits per heavy atom. The summed E-state index contributed by atoms with van der Waals surface area (Å²) in [6.07, 6.45) is 0.0236. The SMILES string of the molecule is Cc1csc2c1C1=C2C(F)C1. The molecule has 1 aromatic heterocycles. The van der Waals surface area contributed by atoms with Crippen LogP contribution in [0.1, 0.15) is 22.4 Å². The van der Waals surface area contributed by atoms with Gasteiger partial charge in [-0.3, -0.25) is 0 Å². The molecule has 2 heteroatoms. The third-order valence-corrected chi connectivity index (χ3v) is 3.67. The summed E-state index contributed by atoms with van der Waals surface area (Å²) < 4.78 is 12.8. The van der Waals surface area contributed by atoms with Crippen molar-refractivity contribution >= 4 is 22.5 Å². The van der Waals surface area contributed by atoms with Gasteiger partial charge in [-0.15, -0.1) is 11.3 Å². The van der Waals surface area contributed by atoms with Crippen LogP contribution in [-0.4, -0.2) is 6.17 Å². The Kier molecular flexibility index (Phi) is 0.856. The first-order chi connectivity index (χ1) is 5.29. The maximum atomic E-state index is 12.8. The lowest BCUT2D eigenvalue weighted by Gasteiger charge is -2.36. The van der Waals surface area contributed by atoms with Crippen LogP contribution in [-0.2, 0) is 0 Å². The average Bonchev–Trinajstić information content (AvgIpc) is 2.21. The lowest BCUT2D eigenvalue weighted by Crippen LogP contribution is -2.25. The molecule has 0 aromatic carbocycles. The molecule has 3 rings (SSSR count). The number of allylic oxidation sites excluding steroid dienone is 2. The van der Waals surface area contributed by atoms with E-state index in [2.05, 4.69) is 12.3 Å². The van der Waals surface area contributed by atoms with E-state index in [1.807, 2.05) is 0 Å². The van der Waals surface area contributed by atoms with Crippen molar-refractivity contribution in [2.45, 2.75) is 19.5 Å². The van der Waals surface area contributed by atoms with Crippen LogP contribution in [0.5, 0.6) is 0 Å². The van der Waals surface area contributed by atoms with E-state index in [9.17, 15) is 4.39 Å². The summed E-state index contributed by atoms with van der Waals surface area (Å²) in [5, 5.41) is 2.12. The molecule has 0 N–H and O–H groups in total. The number of thiophene rings is 1. The van der Waals surface area contributed by atoms with Gasteiger partial charge in [0.25, 0.3) is 0 Å². The predicted octanol–water partition coefficient (Wildman–Crippen LogP) is 3.02. The van der Waals surface area contributed by atoms with Crippen molar-refractivity contribution in [3.8, 4) is 0 Å². The van der Waals surface area contributed by atoms with Gasteiger partial charge in [0, 0.05) is 16.9 Å². The quantitative estimate of drug-likeness (QED) is 0.555. The Labute approximate surface area is 68.4 Å². The molecule has 0 bridgehead atoms. The molecule has 2 aliphatic rings. The average molecular weight is 166 g/mol. The zero-order valence-electron chi connectivity index (χ0n) is 6.15. The van der Waals surface area contributed by atoms with Crippen LogP contribution in [0.4, 0.5) is 4.39 Å². The summed E-state index contributed by atoms with van der Waals surface area (Å²) in [5.74, 6) is 0. The Hall–Kier alpha value is -0.630. The summed E-state index contributed by atoms with van der Waals surface area (Å²) in [7, 11) is 0. The summed E-state index contributed by atoms with van der Waals surface area (Å²) in [4.78, 5) is 1.22. The highest BCUT2D eigenvalue weighted by Gasteiger charge is 2.42. The third kappa shape index (κ3) is 0.486. The molecule has 0 aliphatic heterocycles. The molecule has 1 aromatic rings. The van der Waals surface area contributed by atoms with E-state index in [-0.39, 0.29) is 0 Å². The van der Waals surface area contributed by atoms with E-state index < -0.39 is 6.17 Å². The second-order valence-electron chi connectivity index (χ2n) is 3.19. The van der Waals surface area contributed by atoms with Crippen molar-refractivity contribution < 1.29 is 4.39 Å². The number of hydrogen-bond acceptors (Lipinski definition) is 1. The fraction of sp³-hybridized carbons (Fsp3) is 0.333. The van der Waals surface area contributed by atoms with Crippen LogP contribution in [0.2, 0.25) is 0 Å². The van der Waals surface area contributed by atoms with Crippen LogP contribution in [0, 0.1) is 6.92 Å². The van der Waals surface area contributed by atoms with E-state index in [4.69, 9.17) is 0 Å². The number of halogens is 1. The first-order valence-electron chi connectivity index (χ1n) is 3.75. The van der Waals surface area contributed by atoms with Crippen LogP contribution in [0.3, 0.4) is 0 Å². The largest absolute Gasteiger partial charge is 0.242 e. The Morgan fingerprint density at radius 3 is 3.18 bits per heavy atom. The van der Waals surface area contributed by atoms with Gasteiger partial charge in [0.1, 0.15) is 6.17 Å². The van der Waals surface area contributed by atoms with E-state index in [0.29, 0.717) is 6.42 Å². The molecule has 0 amide bonds. The first kappa shape index (κ1) is 5.95. The summed E-state index contributed by atoms with van der Waals surface area (Å²) in [6, 6.07) is 0. The number of alkyl halides is 1. The lowest BCUT2D eigenvalue weighted by molar-refractivity contribution is 0.397. The molecular weight excluding hydrogens is 159 g/mol. The highest BCUT2D eigenvalue weighted by molar-refractivity contribution is 7.12. The first-order valence-corrected chi connectivity index (χ1v) is 4.63. The molecule has 1 atom stereocenters. The maximum Gasteiger partial charge on any atom is 0.131 e. The Bertz CT molecular complexity index is 373. The highest BCUT2D eigenvalue weighted by Crippen LogP contribution is 2.58. The second kappa shape index (κ2) is 1.58. The molecule has 11 heavy (non-hydrogen) atoms. The fourth-order valence-electron chi connectivity index (χ4n) is 1.92. The maximum absolute atomic E-state index is 12.8. The van der Waals surface area contributed by atoms with Crippen molar-refractivity contribution in [1.29, 1.82) is 0 Å². The summed E-state index contributed by atoms with van der Waals surface area (Å²) in [6.45, 7) is 2.10. The molecule has 1 heterocycles. The molecular formula is C9H7FS. The zero-order chi connectivity index (χ0) is 7.59. The molecule has 0 saturated carbocycles. The molecule has 1 unspecified atom stereocenters. The molecule has 0 nitrogen and oxygen atoms in total. The van der Waals surface area contributed by atoms with Crippen molar-refractivity contribution in [1.82, 2.24) is 0 Å². The summed E-state index contributed by atoms with van der Waals surface area (Å²) in [5.41, 5.74) is 5.00. The van der Waals surface area contributed by atoms with Crippen molar-refractivity contribution in [2.75, 3.05) is 0 Å². The van der Waals surface area contributed by atoms with E-state index in [1.54, 1.807) is 11.3 Å². The predicted molar refractivity (Wildman–Crippen MR) is 45.4 cm³/mol. The van der Waals surface area contributed by atoms with E-state index in [0.717, 1.165) is 5.57 Å². The minimum absolute atomic E-state index is 0.643. The van der Waals surface area contributed by atoms with Gasteiger partial charge in [-0.1, -0.05) is 0 Å². The van der Waals surface area contributed by atoms with Crippen LogP contribution in [0.15, 0.2) is 5.38 Å². The van der Waals surface area contributed by atoms with Gasteiger partial charge >= 0.3 is 0 Å². The van der Waals surface area contributed by atoms with Crippen LogP contribution in [0.25, 0.3) is 11.1 Å². The standard InChI is InChI=1S/C9H7FS/c1-4-3-11-9-7(4)5-2-6(10)8(5)9/h3,6H,2H2,1H3. The zero-order valence-corrected chi connectivity index (χ0v) is 6.96. The number of aryl methyl sites for hydroxylation is 1. The van der Waals surface area contributed by atoms with Gasteiger partial charge in [0.15, 0.2) is 0 Å². The number of hydrogen-bond donors (Lipinski definition) is 0. The topological polar surface area (TPSA) is 0 Å². The third-order valence-electron chi connectivity index (χ3n) is 2.54. The van der Waals surface area contributed by atoms with Crippen molar-refractivity contribution in [3.05, 3.63) is 21.4 Å². The van der Waals surface area contributed by atoms with Gasteiger partial charge in [-0.05, 0) is 29.0 Å². The van der Waals surface area contributed by atoms with Gasteiger partial charge in [0.2, 0.25) is 0 Å². The molecule has 2 aliphatic carbocycles. The van der Waals surface area contributed by atoms with Crippen molar-refractivity contribution in [2.24, 2.45) is 0 Å². The normalized spacial score (nSPS) is 25.5. The summed E-state index contributed by atoms with van der Waals surface area (Å²) >= 11 is 1.69. The van der Waals surface area contributed by atoms with Crippen LogP contribution >= 0.6 is 11.3 Å². The van der Waals surface area contributed by atoms with Gasteiger partial charge in [-0.2, -0.15) is 0 Å².